The van der Waals surface area contributed by atoms with E-state index in [1.54, 1.807) is 7.11 Å². The van der Waals surface area contributed by atoms with Gasteiger partial charge in [-0.1, -0.05) is 6.07 Å². The third-order valence-electron chi connectivity index (χ3n) is 5.42. The Hall–Kier alpha value is -1.13. The molecule has 1 aromatic heterocycles. The van der Waals surface area contributed by atoms with Crippen LogP contribution >= 0.6 is 24.0 Å². The fraction of sp³-hybridized carbons (Fsp3) is 0.700. The molecule has 2 aliphatic heterocycles. The monoisotopic (exact) mass is 502 g/mol. The van der Waals surface area contributed by atoms with E-state index in [9.17, 15) is 0 Å². The van der Waals surface area contributed by atoms with E-state index in [0.29, 0.717) is 6.04 Å². The van der Waals surface area contributed by atoms with Crippen molar-refractivity contribution in [1.82, 2.24) is 20.1 Å². The quantitative estimate of drug-likeness (QED) is 0.349. The van der Waals surface area contributed by atoms with Gasteiger partial charge in [0.2, 0.25) is 0 Å². The van der Waals surface area contributed by atoms with Gasteiger partial charge in [0.05, 0.1) is 13.2 Å². The summed E-state index contributed by atoms with van der Waals surface area (Å²) in [5.41, 5.74) is 0. The molecular formula is C20H35IN6O. The van der Waals surface area contributed by atoms with Gasteiger partial charge in [-0.3, -0.25) is 9.89 Å². The highest BCUT2D eigenvalue weighted by molar-refractivity contribution is 14.0. The van der Waals surface area contributed by atoms with Gasteiger partial charge in [-0.05, 0) is 38.4 Å². The lowest BCUT2D eigenvalue weighted by molar-refractivity contribution is 0.142. The van der Waals surface area contributed by atoms with E-state index < -0.39 is 0 Å². The van der Waals surface area contributed by atoms with Crippen molar-refractivity contribution < 1.29 is 4.74 Å². The van der Waals surface area contributed by atoms with Crippen molar-refractivity contribution in [3.8, 4) is 0 Å². The van der Waals surface area contributed by atoms with Crippen LogP contribution in [0.3, 0.4) is 0 Å². The first-order valence-electron chi connectivity index (χ1n) is 10.2. The van der Waals surface area contributed by atoms with Crippen molar-refractivity contribution in [2.75, 3.05) is 71.0 Å². The summed E-state index contributed by atoms with van der Waals surface area (Å²) in [6.07, 6.45) is 4.37. The summed E-state index contributed by atoms with van der Waals surface area (Å²) in [4.78, 5) is 16.7. The minimum atomic E-state index is 0. The molecule has 0 saturated carbocycles. The second kappa shape index (κ2) is 12.4. The highest BCUT2D eigenvalue weighted by Gasteiger charge is 2.25. The number of nitrogens with one attached hydrogen (secondary N) is 1. The lowest BCUT2D eigenvalue weighted by atomic mass is 10.2. The van der Waals surface area contributed by atoms with Gasteiger partial charge in [-0.2, -0.15) is 0 Å². The second-order valence-electron chi connectivity index (χ2n) is 7.18. The van der Waals surface area contributed by atoms with Gasteiger partial charge in [0.15, 0.2) is 5.96 Å². The molecule has 1 aromatic rings. The average molecular weight is 502 g/mol. The van der Waals surface area contributed by atoms with E-state index in [1.807, 2.05) is 12.3 Å². The first-order chi connectivity index (χ1) is 13.3. The van der Waals surface area contributed by atoms with Crippen LogP contribution in [-0.4, -0.2) is 92.9 Å². The molecule has 0 aromatic carbocycles. The summed E-state index contributed by atoms with van der Waals surface area (Å²) in [5, 5.41) is 3.49. The number of hydrogen-bond donors (Lipinski definition) is 1. The Balaban J connectivity index is 0.00000280. The van der Waals surface area contributed by atoms with Crippen molar-refractivity contribution in [1.29, 1.82) is 0 Å². The Bertz CT molecular complexity index is 579. The lowest BCUT2D eigenvalue weighted by Crippen LogP contribution is -2.53. The van der Waals surface area contributed by atoms with Crippen LogP contribution in [0, 0.1) is 0 Å². The molecule has 3 heterocycles. The minimum absolute atomic E-state index is 0. The van der Waals surface area contributed by atoms with Crippen LogP contribution in [0.15, 0.2) is 29.4 Å². The molecule has 7 nitrogen and oxygen atoms in total. The molecule has 2 aliphatic rings. The van der Waals surface area contributed by atoms with Gasteiger partial charge < -0.3 is 19.9 Å². The first kappa shape index (κ1) is 23.2. The Morgan fingerprint density at radius 3 is 2.75 bits per heavy atom. The van der Waals surface area contributed by atoms with Crippen molar-refractivity contribution in [3.63, 3.8) is 0 Å². The molecular weight excluding hydrogens is 467 g/mol. The van der Waals surface area contributed by atoms with E-state index in [1.165, 1.54) is 19.4 Å². The van der Waals surface area contributed by atoms with E-state index in [2.05, 4.69) is 44.1 Å². The fourth-order valence-corrected chi connectivity index (χ4v) is 3.91. The van der Waals surface area contributed by atoms with Crippen LogP contribution in [0.4, 0.5) is 5.82 Å². The third kappa shape index (κ3) is 6.45. The number of aromatic nitrogens is 1. The molecule has 158 valence electrons. The maximum absolute atomic E-state index is 5.25. The van der Waals surface area contributed by atoms with Gasteiger partial charge in [0, 0.05) is 58.6 Å². The van der Waals surface area contributed by atoms with Crippen molar-refractivity contribution in [2.24, 2.45) is 4.99 Å². The number of methoxy groups -OCH3 is 1. The Labute approximate surface area is 186 Å². The summed E-state index contributed by atoms with van der Waals surface area (Å²) in [6.45, 7) is 10.8. The van der Waals surface area contributed by atoms with E-state index in [-0.39, 0.29) is 24.0 Å². The van der Waals surface area contributed by atoms with E-state index in [0.717, 1.165) is 64.2 Å². The average Bonchev–Trinajstić information content (AvgIpc) is 3.17. The number of guanidine groups is 1. The van der Waals surface area contributed by atoms with Gasteiger partial charge >= 0.3 is 0 Å². The molecule has 2 fully saturated rings. The summed E-state index contributed by atoms with van der Waals surface area (Å²) in [5.74, 6) is 2.12. The predicted octanol–water partition coefficient (Wildman–Crippen LogP) is 1.90. The number of nitrogens with zero attached hydrogens (tertiary/aromatic N) is 5. The summed E-state index contributed by atoms with van der Waals surface area (Å²) < 4.78 is 5.25. The summed E-state index contributed by atoms with van der Waals surface area (Å²) in [7, 11) is 1.77. The number of aliphatic imine (C=N–C) groups is 1. The summed E-state index contributed by atoms with van der Waals surface area (Å²) in [6, 6.07) is 6.65. The molecule has 0 radical (unpaired) electrons. The van der Waals surface area contributed by atoms with Gasteiger partial charge in [0.1, 0.15) is 5.82 Å². The maximum Gasteiger partial charge on any atom is 0.194 e. The number of anilines is 1. The smallest absolute Gasteiger partial charge is 0.194 e. The number of rotatable bonds is 7. The number of pyridine rings is 1. The topological polar surface area (TPSA) is 56.2 Å². The third-order valence-corrected chi connectivity index (χ3v) is 5.42. The van der Waals surface area contributed by atoms with Crippen LogP contribution in [0.5, 0.6) is 0 Å². The van der Waals surface area contributed by atoms with Crippen LogP contribution < -0.4 is 10.2 Å². The highest BCUT2D eigenvalue weighted by atomic mass is 127. The number of ether oxygens (including phenoxy) is 1. The normalized spacial score (nSPS) is 20.9. The Morgan fingerprint density at radius 2 is 2.07 bits per heavy atom. The molecule has 0 aliphatic carbocycles. The molecule has 1 unspecified atom stereocenters. The SMILES string of the molecule is CCNC(=NCC1CCCN1CCOC)N1CCN(c2ccccn2)CC1.I. The Kier molecular flexibility index (Phi) is 10.3. The van der Waals surface area contributed by atoms with Crippen LogP contribution in [0.2, 0.25) is 0 Å². The zero-order valence-corrected chi connectivity index (χ0v) is 19.5. The molecule has 0 spiro atoms. The Morgan fingerprint density at radius 1 is 1.25 bits per heavy atom. The lowest BCUT2D eigenvalue weighted by Gasteiger charge is -2.37. The van der Waals surface area contributed by atoms with Crippen molar-refractivity contribution in [2.45, 2.75) is 25.8 Å². The fourth-order valence-electron chi connectivity index (χ4n) is 3.91. The number of likely N-dealkylation sites (tertiary alicyclic amines) is 1. The molecule has 0 amide bonds. The van der Waals surface area contributed by atoms with Gasteiger partial charge in [-0.15, -0.1) is 24.0 Å². The molecule has 0 bridgehead atoms. The molecule has 1 N–H and O–H groups in total. The van der Waals surface area contributed by atoms with Crippen LogP contribution in [0.25, 0.3) is 0 Å². The highest BCUT2D eigenvalue weighted by Crippen LogP contribution is 2.17. The number of halogens is 1. The zero-order chi connectivity index (χ0) is 18.9. The van der Waals surface area contributed by atoms with Crippen molar-refractivity contribution in [3.05, 3.63) is 24.4 Å². The predicted molar refractivity (Wildman–Crippen MR) is 126 cm³/mol. The standard InChI is InChI=1S/C20H34N6O.HI/c1-3-21-20(23-17-18-7-6-10-24(18)15-16-27-2)26-13-11-25(12-14-26)19-8-4-5-9-22-19;/h4-5,8-9,18H,3,6-7,10-17H2,1-2H3,(H,21,23);1H. The van der Waals surface area contributed by atoms with Gasteiger partial charge in [0.25, 0.3) is 0 Å². The van der Waals surface area contributed by atoms with Crippen molar-refractivity contribution >= 4 is 35.8 Å². The zero-order valence-electron chi connectivity index (χ0n) is 17.2. The van der Waals surface area contributed by atoms with Gasteiger partial charge in [-0.25, -0.2) is 4.98 Å². The van der Waals surface area contributed by atoms with E-state index in [4.69, 9.17) is 9.73 Å². The van der Waals surface area contributed by atoms with E-state index >= 15 is 0 Å². The second-order valence-corrected chi connectivity index (χ2v) is 7.18. The maximum atomic E-state index is 5.25. The molecule has 28 heavy (non-hydrogen) atoms. The minimum Gasteiger partial charge on any atom is -0.383 e. The summed E-state index contributed by atoms with van der Waals surface area (Å²) >= 11 is 0. The molecule has 8 heteroatoms. The molecule has 1 atom stereocenters. The first-order valence-corrected chi connectivity index (χ1v) is 10.2. The number of piperazine rings is 1. The molecule has 2 saturated heterocycles. The number of hydrogen-bond acceptors (Lipinski definition) is 5. The molecule has 3 rings (SSSR count). The van der Waals surface area contributed by atoms with Crippen LogP contribution in [-0.2, 0) is 4.74 Å². The largest absolute Gasteiger partial charge is 0.383 e. The van der Waals surface area contributed by atoms with Crippen LogP contribution in [0.1, 0.15) is 19.8 Å².